The average Bonchev–Trinajstić information content (AvgIpc) is 3.16. The molecule has 3 rings (SSSR count). The number of carbonyl (C=O) groups excluding carboxylic acids is 1. The molecule has 0 N–H and O–H groups in total. The number of carbonyl (C=O) groups is 1. The maximum absolute atomic E-state index is 12.6. The first kappa shape index (κ1) is 17.4. The fraction of sp³-hybridized carbons (Fsp3) is 0.500. The van der Waals surface area contributed by atoms with Gasteiger partial charge in [0, 0.05) is 38.2 Å². The van der Waals surface area contributed by atoms with Gasteiger partial charge in [0.2, 0.25) is 5.89 Å². The minimum atomic E-state index is 0.0565. The molecule has 1 aliphatic rings. The van der Waals surface area contributed by atoms with Crippen LogP contribution in [0.25, 0.3) is 0 Å². The van der Waals surface area contributed by atoms with Crippen LogP contribution >= 0.6 is 0 Å². The fourth-order valence-corrected chi connectivity index (χ4v) is 2.97. The van der Waals surface area contributed by atoms with Gasteiger partial charge in [0.15, 0.2) is 5.82 Å². The first-order valence-electron chi connectivity index (χ1n) is 8.62. The number of hydrogen-bond acceptors (Lipinski definition) is 6. The zero-order valence-corrected chi connectivity index (χ0v) is 14.9. The molecule has 1 aliphatic heterocycles. The molecule has 1 atom stereocenters. The zero-order valence-electron chi connectivity index (χ0n) is 14.9. The number of hydrogen-bond donors (Lipinski definition) is 0. The Hall–Kier alpha value is -2.41. The third-order valence-corrected chi connectivity index (χ3v) is 4.64. The summed E-state index contributed by atoms with van der Waals surface area (Å²) < 4.78 is 10.5. The van der Waals surface area contributed by atoms with E-state index in [1.807, 2.05) is 24.0 Å². The van der Waals surface area contributed by atoms with Crippen LogP contribution in [0.2, 0.25) is 0 Å². The van der Waals surface area contributed by atoms with Crippen molar-refractivity contribution in [3.8, 4) is 5.75 Å². The number of methoxy groups -OCH3 is 1. The first-order valence-corrected chi connectivity index (χ1v) is 8.62. The largest absolute Gasteiger partial charge is 0.497 e. The molecule has 0 saturated carbocycles. The van der Waals surface area contributed by atoms with Crippen molar-refractivity contribution in [2.75, 3.05) is 33.3 Å². The quantitative estimate of drug-likeness (QED) is 0.828. The highest BCUT2D eigenvalue weighted by Crippen LogP contribution is 2.21. The molecule has 2 aromatic rings. The van der Waals surface area contributed by atoms with E-state index in [0.717, 1.165) is 31.1 Å². The second-order valence-electron chi connectivity index (χ2n) is 6.14. The molecular weight excluding hydrogens is 320 g/mol. The number of benzene rings is 1. The van der Waals surface area contributed by atoms with E-state index in [-0.39, 0.29) is 11.9 Å². The predicted molar refractivity (Wildman–Crippen MR) is 92.6 cm³/mol. The van der Waals surface area contributed by atoms with E-state index in [1.54, 1.807) is 19.2 Å². The Morgan fingerprint density at radius 1 is 1.24 bits per heavy atom. The van der Waals surface area contributed by atoms with Gasteiger partial charge in [-0.05, 0) is 31.2 Å². The van der Waals surface area contributed by atoms with Crippen molar-refractivity contribution in [3.63, 3.8) is 0 Å². The molecule has 25 heavy (non-hydrogen) atoms. The Morgan fingerprint density at radius 3 is 2.48 bits per heavy atom. The summed E-state index contributed by atoms with van der Waals surface area (Å²) in [4.78, 5) is 21.2. The molecule has 1 saturated heterocycles. The minimum Gasteiger partial charge on any atom is -0.497 e. The van der Waals surface area contributed by atoms with E-state index >= 15 is 0 Å². The Kier molecular flexibility index (Phi) is 5.33. The third-order valence-electron chi connectivity index (χ3n) is 4.64. The van der Waals surface area contributed by atoms with Gasteiger partial charge in [-0.25, -0.2) is 0 Å². The number of aryl methyl sites for hydroxylation is 1. The van der Waals surface area contributed by atoms with E-state index in [4.69, 9.17) is 9.26 Å². The van der Waals surface area contributed by atoms with Crippen LogP contribution in [-0.2, 0) is 6.42 Å². The number of rotatable bonds is 5. The summed E-state index contributed by atoms with van der Waals surface area (Å²) in [5, 5.41) is 3.96. The average molecular weight is 344 g/mol. The van der Waals surface area contributed by atoms with Crippen LogP contribution in [-0.4, -0.2) is 59.1 Å². The highest BCUT2D eigenvalue weighted by atomic mass is 16.5. The molecular formula is C18H24N4O3. The molecule has 7 nitrogen and oxygen atoms in total. The summed E-state index contributed by atoms with van der Waals surface area (Å²) in [5.74, 6) is 2.18. The summed E-state index contributed by atoms with van der Waals surface area (Å²) >= 11 is 0. The van der Waals surface area contributed by atoms with Crippen molar-refractivity contribution in [2.24, 2.45) is 0 Å². The van der Waals surface area contributed by atoms with Gasteiger partial charge in [0.05, 0.1) is 13.2 Å². The summed E-state index contributed by atoms with van der Waals surface area (Å²) in [6, 6.07) is 7.30. The third kappa shape index (κ3) is 3.82. The van der Waals surface area contributed by atoms with Gasteiger partial charge in [-0.2, -0.15) is 4.98 Å². The molecule has 0 spiro atoms. The van der Waals surface area contributed by atoms with Crippen LogP contribution in [0.5, 0.6) is 5.75 Å². The van der Waals surface area contributed by atoms with E-state index in [2.05, 4.69) is 22.0 Å². The van der Waals surface area contributed by atoms with Crippen molar-refractivity contribution in [1.82, 2.24) is 19.9 Å². The lowest BCUT2D eigenvalue weighted by atomic mass is 10.1. The molecule has 2 heterocycles. The molecule has 1 fully saturated rings. The van der Waals surface area contributed by atoms with Crippen molar-refractivity contribution in [3.05, 3.63) is 41.5 Å². The molecule has 0 radical (unpaired) electrons. The van der Waals surface area contributed by atoms with E-state index < -0.39 is 0 Å². The van der Waals surface area contributed by atoms with E-state index in [1.165, 1.54) is 0 Å². The van der Waals surface area contributed by atoms with Gasteiger partial charge >= 0.3 is 0 Å². The molecule has 0 bridgehead atoms. The molecule has 1 amide bonds. The smallest absolute Gasteiger partial charge is 0.253 e. The topological polar surface area (TPSA) is 71.7 Å². The van der Waals surface area contributed by atoms with E-state index in [0.29, 0.717) is 24.5 Å². The number of amides is 1. The molecule has 1 unspecified atom stereocenters. The fourth-order valence-electron chi connectivity index (χ4n) is 2.97. The summed E-state index contributed by atoms with van der Waals surface area (Å²) in [6.45, 7) is 7.00. The number of nitrogens with zero attached hydrogens (tertiary/aromatic N) is 4. The molecule has 134 valence electrons. The maximum atomic E-state index is 12.6. The molecule has 1 aromatic carbocycles. The Labute approximate surface area is 147 Å². The number of aromatic nitrogens is 2. The van der Waals surface area contributed by atoms with Gasteiger partial charge in [-0.3, -0.25) is 9.69 Å². The van der Waals surface area contributed by atoms with Crippen LogP contribution in [0.3, 0.4) is 0 Å². The maximum Gasteiger partial charge on any atom is 0.253 e. The second-order valence-corrected chi connectivity index (χ2v) is 6.14. The second kappa shape index (κ2) is 7.65. The monoisotopic (exact) mass is 344 g/mol. The van der Waals surface area contributed by atoms with Crippen molar-refractivity contribution >= 4 is 5.91 Å². The van der Waals surface area contributed by atoms with Crippen LogP contribution in [0.4, 0.5) is 0 Å². The SMILES string of the molecule is CCc1noc(C(C)N2CCN(C(=O)c3ccc(OC)cc3)CC2)n1. The van der Waals surface area contributed by atoms with Crippen LogP contribution < -0.4 is 4.74 Å². The Bertz CT molecular complexity index is 705. The lowest BCUT2D eigenvalue weighted by molar-refractivity contribution is 0.0551. The normalized spacial score (nSPS) is 16.7. The molecule has 0 aliphatic carbocycles. The van der Waals surface area contributed by atoms with Gasteiger partial charge < -0.3 is 14.2 Å². The highest BCUT2D eigenvalue weighted by Gasteiger charge is 2.27. The highest BCUT2D eigenvalue weighted by molar-refractivity contribution is 5.94. The van der Waals surface area contributed by atoms with Crippen molar-refractivity contribution < 1.29 is 14.1 Å². The van der Waals surface area contributed by atoms with Crippen molar-refractivity contribution in [1.29, 1.82) is 0 Å². The van der Waals surface area contributed by atoms with Gasteiger partial charge in [-0.1, -0.05) is 12.1 Å². The van der Waals surface area contributed by atoms with Gasteiger partial charge in [0.25, 0.3) is 5.91 Å². The van der Waals surface area contributed by atoms with Crippen LogP contribution in [0, 0.1) is 0 Å². The lowest BCUT2D eigenvalue weighted by Gasteiger charge is -2.36. The van der Waals surface area contributed by atoms with Crippen molar-refractivity contribution in [2.45, 2.75) is 26.3 Å². The first-order chi connectivity index (χ1) is 12.1. The van der Waals surface area contributed by atoms with Crippen LogP contribution in [0.1, 0.15) is 42.0 Å². The zero-order chi connectivity index (χ0) is 17.8. The predicted octanol–water partition coefficient (Wildman–Crippen LogP) is 2.16. The standard InChI is InChI=1S/C18H24N4O3/c1-4-16-19-17(25-20-16)13(2)21-9-11-22(12-10-21)18(23)14-5-7-15(24-3)8-6-14/h5-8,13H,4,9-12H2,1-3H3. The van der Waals surface area contributed by atoms with Crippen LogP contribution in [0.15, 0.2) is 28.8 Å². The van der Waals surface area contributed by atoms with Gasteiger partial charge in [0.1, 0.15) is 5.75 Å². The summed E-state index contributed by atoms with van der Waals surface area (Å²) in [6.07, 6.45) is 0.764. The number of piperazine rings is 1. The Balaban J connectivity index is 1.58. The lowest BCUT2D eigenvalue weighted by Crippen LogP contribution is -2.49. The molecule has 7 heteroatoms. The number of ether oxygens (including phenoxy) is 1. The Morgan fingerprint density at radius 2 is 1.92 bits per heavy atom. The molecule has 1 aromatic heterocycles. The summed E-state index contributed by atoms with van der Waals surface area (Å²) in [7, 11) is 1.62. The summed E-state index contributed by atoms with van der Waals surface area (Å²) in [5.41, 5.74) is 0.687. The van der Waals surface area contributed by atoms with Gasteiger partial charge in [-0.15, -0.1) is 0 Å². The minimum absolute atomic E-state index is 0.0565. The van der Waals surface area contributed by atoms with E-state index in [9.17, 15) is 4.79 Å².